The van der Waals surface area contributed by atoms with Crippen molar-refractivity contribution in [1.82, 2.24) is 0 Å². The van der Waals surface area contributed by atoms with Gasteiger partial charge in [-0.3, -0.25) is 4.79 Å². The van der Waals surface area contributed by atoms with Crippen LogP contribution in [0.1, 0.15) is 83.1 Å². The van der Waals surface area contributed by atoms with E-state index in [2.05, 4.69) is 6.92 Å². The summed E-state index contributed by atoms with van der Waals surface area (Å²) in [6, 6.07) is 7.79. The molecule has 2 saturated carbocycles. The lowest BCUT2D eigenvalue weighted by Crippen LogP contribution is -2.30. The Morgan fingerprint density at radius 3 is 2.08 bits per heavy atom. The third-order valence-corrected chi connectivity index (χ3v) is 6.87. The van der Waals surface area contributed by atoms with Crippen LogP contribution in [0.2, 0.25) is 0 Å². The molecular formula is C24H36O2. The molecule has 0 spiro atoms. The van der Waals surface area contributed by atoms with E-state index in [4.69, 9.17) is 4.74 Å². The normalized spacial score (nSPS) is 29.3. The molecule has 144 valence electrons. The molecule has 0 N–H and O–H groups in total. The van der Waals surface area contributed by atoms with Crippen molar-refractivity contribution in [3.05, 3.63) is 29.8 Å². The number of benzene rings is 1. The Kier molecular flexibility index (Phi) is 7.16. The minimum Gasteiger partial charge on any atom is -0.426 e. The van der Waals surface area contributed by atoms with E-state index in [1.807, 2.05) is 31.2 Å². The van der Waals surface area contributed by atoms with Gasteiger partial charge < -0.3 is 4.74 Å². The first kappa shape index (κ1) is 19.5. The number of carbonyl (C=O) groups is 1. The van der Waals surface area contributed by atoms with E-state index in [0.717, 1.165) is 30.6 Å². The number of carbonyl (C=O) groups excluding carboxylic acids is 1. The summed E-state index contributed by atoms with van der Waals surface area (Å²) in [7, 11) is 0. The molecule has 1 aromatic rings. The van der Waals surface area contributed by atoms with Crippen molar-refractivity contribution in [2.24, 2.45) is 23.7 Å². The van der Waals surface area contributed by atoms with Gasteiger partial charge >= 0.3 is 5.97 Å². The molecule has 0 aliphatic heterocycles. The van der Waals surface area contributed by atoms with Gasteiger partial charge in [0.15, 0.2) is 0 Å². The number of rotatable bonds is 6. The van der Waals surface area contributed by atoms with E-state index in [0.29, 0.717) is 5.75 Å². The number of aryl methyl sites for hydroxylation is 1. The summed E-state index contributed by atoms with van der Waals surface area (Å²) in [5.74, 6) is 3.54. The zero-order valence-corrected chi connectivity index (χ0v) is 16.7. The highest BCUT2D eigenvalue weighted by molar-refractivity contribution is 5.75. The summed E-state index contributed by atoms with van der Waals surface area (Å²) < 4.78 is 5.60. The SMILES string of the molecule is CCCCC1CCC(C2CCC(C(=O)Oc3ccc(C)cc3)CC2)CC1. The molecule has 2 heteroatoms. The summed E-state index contributed by atoms with van der Waals surface area (Å²) in [6.45, 7) is 4.35. The molecule has 3 rings (SSSR count). The van der Waals surface area contributed by atoms with Crippen LogP contribution in [0.25, 0.3) is 0 Å². The smallest absolute Gasteiger partial charge is 0.314 e. The van der Waals surface area contributed by atoms with Crippen LogP contribution in [-0.4, -0.2) is 5.97 Å². The molecule has 2 nitrogen and oxygen atoms in total. The zero-order chi connectivity index (χ0) is 18.4. The van der Waals surface area contributed by atoms with E-state index in [1.165, 1.54) is 63.4 Å². The van der Waals surface area contributed by atoms with Gasteiger partial charge in [0.25, 0.3) is 0 Å². The van der Waals surface area contributed by atoms with Crippen molar-refractivity contribution in [2.75, 3.05) is 0 Å². The highest BCUT2D eigenvalue weighted by Gasteiger charge is 2.33. The Hall–Kier alpha value is -1.31. The Bertz CT molecular complexity index is 546. The highest BCUT2D eigenvalue weighted by Crippen LogP contribution is 2.42. The maximum atomic E-state index is 12.5. The summed E-state index contributed by atoms with van der Waals surface area (Å²) in [5, 5.41) is 0. The number of esters is 1. The molecule has 0 saturated heterocycles. The van der Waals surface area contributed by atoms with Crippen LogP contribution in [0.4, 0.5) is 0 Å². The van der Waals surface area contributed by atoms with Crippen molar-refractivity contribution in [3.8, 4) is 5.75 Å². The molecule has 0 aromatic heterocycles. The second-order valence-electron chi connectivity index (χ2n) is 8.77. The molecule has 0 heterocycles. The molecule has 26 heavy (non-hydrogen) atoms. The Morgan fingerprint density at radius 2 is 1.50 bits per heavy atom. The number of ether oxygens (including phenoxy) is 1. The minimum absolute atomic E-state index is 0.0180. The van der Waals surface area contributed by atoms with Gasteiger partial charge in [-0.05, 0) is 75.3 Å². The first-order valence-corrected chi connectivity index (χ1v) is 10.9. The fourth-order valence-electron chi connectivity index (χ4n) is 5.07. The van der Waals surface area contributed by atoms with Gasteiger partial charge in [-0.25, -0.2) is 0 Å². The highest BCUT2D eigenvalue weighted by atomic mass is 16.5. The first-order valence-electron chi connectivity index (χ1n) is 10.9. The zero-order valence-electron chi connectivity index (χ0n) is 16.7. The van der Waals surface area contributed by atoms with Crippen LogP contribution in [-0.2, 0) is 4.79 Å². The van der Waals surface area contributed by atoms with Crippen molar-refractivity contribution in [2.45, 2.75) is 84.5 Å². The maximum Gasteiger partial charge on any atom is 0.314 e. The summed E-state index contributed by atoms with van der Waals surface area (Å²) in [6.07, 6.45) is 14.4. The molecule has 1 aromatic carbocycles. The molecular weight excluding hydrogens is 320 g/mol. The van der Waals surface area contributed by atoms with Gasteiger partial charge in [0.2, 0.25) is 0 Å². The Morgan fingerprint density at radius 1 is 0.923 bits per heavy atom. The van der Waals surface area contributed by atoms with E-state index >= 15 is 0 Å². The van der Waals surface area contributed by atoms with Gasteiger partial charge in [-0.15, -0.1) is 0 Å². The lowest BCUT2D eigenvalue weighted by atomic mass is 9.68. The fraction of sp³-hybridized carbons (Fsp3) is 0.708. The molecule has 0 unspecified atom stereocenters. The van der Waals surface area contributed by atoms with Crippen LogP contribution in [0.15, 0.2) is 24.3 Å². The Balaban J connectivity index is 1.40. The van der Waals surface area contributed by atoms with E-state index < -0.39 is 0 Å². The van der Waals surface area contributed by atoms with Crippen molar-refractivity contribution in [1.29, 1.82) is 0 Å². The first-order chi connectivity index (χ1) is 12.7. The predicted molar refractivity (Wildman–Crippen MR) is 107 cm³/mol. The van der Waals surface area contributed by atoms with Gasteiger partial charge in [-0.1, -0.05) is 56.7 Å². The average Bonchev–Trinajstić information content (AvgIpc) is 2.68. The van der Waals surface area contributed by atoms with Crippen molar-refractivity contribution < 1.29 is 9.53 Å². The van der Waals surface area contributed by atoms with Gasteiger partial charge in [0.05, 0.1) is 5.92 Å². The minimum atomic E-state index is -0.0180. The lowest BCUT2D eigenvalue weighted by molar-refractivity contribution is -0.140. The van der Waals surface area contributed by atoms with Gasteiger partial charge in [-0.2, -0.15) is 0 Å². The van der Waals surface area contributed by atoms with Crippen molar-refractivity contribution in [3.63, 3.8) is 0 Å². The number of hydrogen-bond acceptors (Lipinski definition) is 2. The summed E-state index contributed by atoms with van der Waals surface area (Å²) in [5.41, 5.74) is 1.19. The van der Waals surface area contributed by atoms with Gasteiger partial charge in [0, 0.05) is 0 Å². The van der Waals surface area contributed by atoms with Gasteiger partial charge in [0.1, 0.15) is 5.75 Å². The summed E-state index contributed by atoms with van der Waals surface area (Å²) in [4.78, 5) is 12.5. The number of unbranched alkanes of at least 4 members (excludes halogenated alkanes) is 1. The fourth-order valence-corrected chi connectivity index (χ4v) is 5.07. The summed E-state index contributed by atoms with van der Waals surface area (Å²) >= 11 is 0. The van der Waals surface area contributed by atoms with Crippen LogP contribution >= 0.6 is 0 Å². The lowest BCUT2D eigenvalue weighted by Gasteiger charge is -2.37. The average molecular weight is 357 g/mol. The maximum absolute atomic E-state index is 12.5. The third-order valence-electron chi connectivity index (χ3n) is 6.87. The third kappa shape index (κ3) is 5.34. The van der Waals surface area contributed by atoms with E-state index in [9.17, 15) is 4.79 Å². The van der Waals surface area contributed by atoms with Crippen molar-refractivity contribution >= 4 is 5.97 Å². The topological polar surface area (TPSA) is 26.3 Å². The second-order valence-corrected chi connectivity index (χ2v) is 8.77. The molecule has 2 aliphatic carbocycles. The molecule has 2 fully saturated rings. The van der Waals surface area contributed by atoms with Crippen LogP contribution in [0.3, 0.4) is 0 Å². The monoisotopic (exact) mass is 356 g/mol. The van der Waals surface area contributed by atoms with Crippen LogP contribution in [0.5, 0.6) is 5.75 Å². The number of hydrogen-bond donors (Lipinski definition) is 0. The second kappa shape index (κ2) is 9.58. The molecule has 0 amide bonds. The standard InChI is InChI=1S/C24H36O2/c1-3-4-5-19-8-10-20(11-9-19)21-12-14-22(15-13-21)24(25)26-23-16-6-18(2)7-17-23/h6-7,16-17,19-22H,3-5,8-15H2,1-2H3. The molecule has 0 radical (unpaired) electrons. The Labute approximate surface area is 159 Å². The largest absolute Gasteiger partial charge is 0.426 e. The van der Waals surface area contributed by atoms with E-state index in [-0.39, 0.29) is 11.9 Å². The van der Waals surface area contributed by atoms with Crippen LogP contribution < -0.4 is 4.74 Å². The van der Waals surface area contributed by atoms with E-state index in [1.54, 1.807) is 0 Å². The van der Waals surface area contributed by atoms with Crippen LogP contribution in [0, 0.1) is 30.6 Å². The predicted octanol–water partition coefficient (Wildman–Crippen LogP) is 6.70. The quantitative estimate of drug-likeness (QED) is 0.418. The molecule has 0 bridgehead atoms. The molecule has 2 aliphatic rings. The molecule has 0 atom stereocenters.